The Bertz CT molecular complexity index is 783. The van der Waals surface area contributed by atoms with Gasteiger partial charge in [-0.25, -0.2) is 8.78 Å². The Morgan fingerprint density at radius 2 is 2.17 bits per heavy atom. The lowest BCUT2D eigenvalue weighted by atomic mass is 9.86. The second-order valence-electron chi connectivity index (χ2n) is 6.47. The number of hydrogen-bond donors (Lipinski definition) is 2. The minimum absolute atomic E-state index is 0.253. The summed E-state index contributed by atoms with van der Waals surface area (Å²) >= 11 is 0. The molecule has 0 aliphatic carbocycles. The third kappa shape index (κ3) is 2.57. The van der Waals surface area contributed by atoms with Gasteiger partial charge in [-0.2, -0.15) is 5.10 Å². The maximum Gasteiger partial charge on any atom is 0.267 e. The highest BCUT2D eigenvalue weighted by Gasteiger charge is 2.42. The van der Waals surface area contributed by atoms with Crippen LogP contribution in [0.15, 0.2) is 30.5 Å². The van der Waals surface area contributed by atoms with Gasteiger partial charge in [-0.3, -0.25) is 10.00 Å². The lowest BCUT2D eigenvalue weighted by Gasteiger charge is -2.32. The van der Waals surface area contributed by atoms with Gasteiger partial charge in [-0.15, -0.1) is 0 Å². The number of anilines is 1. The van der Waals surface area contributed by atoms with Gasteiger partial charge >= 0.3 is 0 Å². The monoisotopic (exact) mass is 333 g/mol. The molecule has 128 valence electrons. The summed E-state index contributed by atoms with van der Waals surface area (Å²) in [5.74, 6) is -2.61. The number of rotatable bonds is 2. The van der Waals surface area contributed by atoms with E-state index in [2.05, 4.69) is 15.7 Å². The van der Waals surface area contributed by atoms with Crippen LogP contribution < -0.4 is 15.5 Å². The number of fused-ring (bicyclic) bond motifs is 1. The van der Waals surface area contributed by atoms with Gasteiger partial charge < -0.3 is 10.2 Å². The van der Waals surface area contributed by atoms with E-state index in [0.29, 0.717) is 25.2 Å². The summed E-state index contributed by atoms with van der Waals surface area (Å²) in [5, 5.41) is 11.6. The summed E-state index contributed by atoms with van der Waals surface area (Å²) in [4.78, 5) is 2.03. The fourth-order valence-electron chi connectivity index (χ4n) is 3.58. The molecule has 1 atom stereocenters. The minimum Gasteiger partial charge on any atom is -0.318 e. The first kappa shape index (κ1) is 15.5. The zero-order valence-corrected chi connectivity index (χ0v) is 13.6. The van der Waals surface area contributed by atoms with Gasteiger partial charge in [0.2, 0.25) is 0 Å². The second-order valence-corrected chi connectivity index (χ2v) is 6.47. The van der Waals surface area contributed by atoms with Crippen molar-refractivity contribution in [3.8, 4) is 0 Å². The number of aromatic nitrogens is 2. The normalized spacial score (nSPS) is 23.8. The zero-order valence-electron chi connectivity index (χ0n) is 13.6. The van der Waals surface area contributed by atoms with Gasteiger partial charge in [0.15, 0.2) is 5.82 Å². The number of benzene rings is 1. The maximum atomic E-state index is 14.2. The molecule has 1 aromatic carbocycles. The first-order valence-electron chi connectivity index (χ1n) is 8.25. The van der Waals surface area contributed by atoms with Gasteiger partial charge in [0.1, 0.15) is 0 Å². The number of aryl methyl sites for hydroxylation is 1. The van der Waals surface area contributed by atoms with E-state index in [1.54, 1.807) is 4.68 Å². The number of halogens is 2. The van der Waals surface area contributed by atoms with E-state index in [4.69, 9.17) is 0 Å². The Morgan fingerprint density at radius 3 is 2.92 bits per heavy atom. The molecule has 0 spiro atoms. The van der Waals surface area contributed by atoms with Crippen molar-refractivity contribution in [2.45, 2.75) is 18.3 Å². The number of nitrogens with zero attached hydrogens (tertiary/aromatic N) is 3. The smallest absolute Gasteiger partial charge is 0.267 e. The zero-order chi connectivity index (χ0) is 16.7. The first-order valence-corrected chi connectivity index (χ1v) is 8.25. The summed E-state index contributed by atoms with van der Waals surface area (Å²) in [6.45, 7) is 1.91. The molecular weight excluding hydrogens is 312 g/mol. The molecular formula is C17H21F2N5. The molecule has 0 amide bonds. The molecule has 1 saturated heterocycles. The Balaban J connectivity index is 1.75. The van der Waals surface area contributed by atoms with E-state index < -0.39 is 11.8 Å². The van der Waals surface area contributed by atoms with Crippen LogP contribution >= 0.6 is 0 Å². The minimum atomic E-state index is -2.72. The SMILES string of the molecule is Cn1nc(N2C=CCNC2)c2ccc(C3CCNCC3(F)F)cc21. The van der Waals surface area contributed by atoms with Crippen LogP contribution in [0.3, 0.4) is 0 Å². The molecule has 7 heteroatoms. The standard InChI is InChI=1S/C17H21F2N5/c1-23-15-9-12(14-5-7-20-10-17(14,18)19)3-4-13(15)16(22-23)24-8-2-6-21-11-24/h2-4,8-9,14,20-21H,5-7,10-11H2,1H3. The van der Waals surface area contributed by atoms with Crippen LogP contribution in [0.1, 0.15) is 17.9 Å². The van der Waals surface area contributed by atoms with Gasteiger partial charge in [-0.05, 0) is 30.7 Å². The summed E-state index contributed by atoms with van der Waals surface area (Å²) in [5.41, 5.74) is 1.58. The van der Waals surface area contributed by atoms with Crippen LogP contribution in [0.2, 0.25) is 0 Å². The first-order chi connectivity index (χ1) is 11.6. The maximum absolute atomic E-state index is 14.2. The van der Waals surface area contributed by atoms with Crippen molar-refractivity contribution in [1.82, 2.24) is 20.4 Å². The summed E-state index contributed by atoms with van der Waals surface area (Å²) < 4.78 is 30.3. The highest BCUT2D eigenvalue weighted by molar-refractivity contribution is 5.91. The fraction of sp³-hybridized carbons (Fsp3) is 0.471. The van der Waals surface area contributed by atoms with Gasteiger partial charge in [0.05, 0.1) is 24.6 Å². The molecule has 2 aliphatic heterocycles. The van der Waals surface area contributed by atoms with Crippen LogP contribution in [-0.2, 0) is 7.05 Å². The van der Waals surface area contributed by atoms with Crippen molar-refractivity contribution < 1.29 is 8.78 Å². The lowest BCUT2D eigenvalue weighted by molar-refractivity contribution is -0.0419. The quantitative estimate of drug-likeness (QED) is 0.884. The fourth-order valence-corrected chi connectivity index (χ4v) is 3.58. The Hall–Kier alpha value is -1.99. The van der Waals surface area contributed by atoms with Crippen LogP contribution in [0.4, 0.5) is 14.6 Å². The van der Waals surface area contributed by atoms with Crippen molar-refractivity contribution in [2.75, 3.05) is 31.2 Å². The van der Waals surface area contributed by atoms with E-state index in [9.17, 15) is 8.78 Å². The number of alkyl halides is 2. The van der Waals surface area contributed by atoms with E-state index in [1.165, 1.54) is 0 Å². The molecule has 5 nitrogen and oxygen atoms in total. The summed E-state index contributed by atoms with van der Waals surface area (Å²) in [7, 11) is 1.86. The van der Waals surface area contributed by atoms with E-state index in [0.717, 1.165) is 23.3 Å². The number of piperidine rings is 1. The number of nitrogens with one attached hydrogen (secondary N) is 2. The Morgan fingerprint density at radius 1 is 1.29 bits per heavy atom. The molecule has 1 fully saturated rings. The van der Waals surface area contributed by atoms with Crippen molar-refractivity contribution in [3.63, 3.8) is 0 Å². The molecule has 3 heterocycles. The molecule has 0 saturated carbocycles. The molecule has 1 unspecified atom stereocenters. The topological polar surface area (TPSA) is 45.1 Å². The predicted octanol–water partition coefficient (Wildman–Crippen LogP) is 2.17. The molecule has 2 aromatic rings. The van der Waals surface area contributed by atoms with Gasteiger partial charge in [0.25, 0.3) is 5.92 Å². The van der Waals surface area contributed by atoms with Crippen LogP contribution in [0.25, 0.3) is 10.9 Å². The molecule has 4 rings (SSSR count). The summed E-state index contributed by atoms with van der Waals surface area (Å²) in [6, 6.07) is 5.63. The van der Waals surface area contributed by atoms with Gasteiger partial charge in [0, 0.05) is 25.2 Å². The summed E-state index contributed by atoms with van der Waals surface area (Å²) in [6.07, 6.45) is 4.49. The molecule has 24 heavy (non-hydrogen) atoms. The highest BCUT2D eigenvalue weighted by Crippen LogP contribution is 2.39. The molecule has 0 bridgehead atoms. The number of hydrogen-bond acceptors (Lipinski definition) is 4. The largest absolute Gasteiger partial charge is 0.318 e. The molecule has 2 N–H and O–H groups in total. The third-order valence-electron chi connectivity index (χ3n) is 4.84. The highest BCUT2D eigenvalue weighted by atomic mass is 19.3. The second kappa shape index (κ2) is 5.82. The van der Waals surface area contributed by atoms with E-state index in [-0.39, 0.29) is 6.54 Å². The van der Waals surface area contributed by atoms with E-state index in [1.807, 2.05) is 42.4 Å². The molecule has 1 aromatic heterocycles. The molecule has 2 aliphatic rings. The van der Waals surface area contributed by atoms with Crippen LogP contribution in [-0.4, -0.2) is 42.0 Å². The third-order valence-corrected chi connectivity index (χ3v) is 4.84. The Labute approximate surface area is 139 Å². The lowest BCUT2D eigenvalue weighted by Crippen LogP contribution is -2.44. The van der Waals surface area contributed by atoms with Crippen LogP contribution in [0, 0.1) is 0 Å². The average molecular weight is 333 g/mol. The van der Waals surface area contributed by atoms with Crippen molar-refractivity contribution in [3.05, 3.63) is 36.0 Å². The van der Waals surface area contributed by atoms with E-state index >= 15 is 0 Å². The van der Waals surface area contributed by atoms with Crippen molar-refractivity contribution in [1.29, 1.82) is 0 Å². The van der Waals surface area contributed by atoms with Crippen molar-refractivity contribution in [2.24, 2.45) is 7.05 Å². The average Bonchev–Trinajstić information content (AvgIpc) is 2.92. The van der Waals surface area contributed by atoms with Gasteiger partial charge in [-0.1, -0.05) is 12.1 Å². The Kier molecular flexibility index (Phi) is 3.77. The predicted molar refractivity (Wildman–Crippen MR) is 90.4 cm³/mol. The van der Waals surface area contributed by atoms with Crippen LogP contribution in [0.5, 0.6) is 0 Å². The molecule has 0 radical (unpaired) electrons. The van der Waals surface area contributed by atoms with Crippen molar-refractivity contribution >= 4 is 16.7 Å².